The molecule has 7 heteroatoms. The summed E-state index contributed by atoms with van der Waals surface area (Å²) >= 11 is 0. The van der Waals surface area contributed by atoms with E-state index in [0.717, 1.165) is 50.6 Å². The van der Waals surface area contributed by atoms with Crippen molar-refractivity contribution in [2.45, 2.75) is 32.1 Å². The Morgan fingerprint density at radius 2 is 1.84 bits per heavy atom. The Morgan fingerprint density at radius 1 is 1.16 bits per heavy atom. The second-order valence-electron chi connectivity index (χ2n) is 6.31. The number of guanidine groups is 1. The van der Waals surface area contributed by atoms with E-state index in [0.29, 0.717) is 19.3 Å². The van der Waals surface area contributed by atoms with E-state index in [1.807, 2.05) is 6.07 Å². The molecule has 6 nitrogen and oxygen atoms in total. The summed E-state index contributed by atoms with van der Waals surface area (Å²) in [5.41, 5.74) is 7.35. The highest BCUT2D eigenvalue weighted by molar-refractivity contribution is 14.0. The molecule has 25 heavy (non-hydrogen) atoms. The molecular formula is C18H28IN3O3. The third-order valence-corrected chi connectivity index (χ3v) is 5.07. The van der Waals surface area contributed by atoms with Gasteiger partial charge in [-0.1, -0.05) is 6.07 Å². The lowest BCUT2D eigenvalue weighted by Gasteiger charge is -2.37. The molecule has 0 aliphatic carbocycles. The SMILES string of the molecule is CCN(CC)C(N)=NCC1(c2ccc3c(c2)OCO3)CCOCC1.I. The fourth-order valence-electron chi connectivity index (χ4n) is 3.41. The zero-order chi connectivity index (χ0) is 17.0. The largest absolute Gasteiger partial charge is 0.454 e. The van der Waals surface area contributed by atoms with Gasteiger partial charge in [0.15, 0.2) is 17.5 Å². The molecule has 0 amide bonds. The number of benzene rings is 1. The van der Waals surface area contributed by atoms with Crippen LogP contribution < -0.4 is 15.2 Å². The Morgan fingerprint density at radius 3 is 2.52 bits per heavy atom. The highest BCUT2D eigenvalue weighted by Gasteiger charge is 2.35. The van der Waals surface area contributed by atoms with E-state index >= 15 is 0 Å². The van der Waals surface area contributed by atoms with Gasteiger partial charge in [-0.15, -0.1) is 24.0 Å². The standard InChI is InChI=1S/C18H27N3O3.HI/c1-3-21(4-2)17(19)20-12-18(7-9-22-10-8-18)14-5-6-15-16(11-14)24-13-23-15;/h5-6,11H,3-4,7-10,12-13H2,1-2H3,(H2,19,20);1H. The predicted molar refractivity (Wildman–Crippen MR) is 109 cm³/mol. The van der Waals surface area contributed by atoms with Gasteiger partial charge < -0.3 is 24.8 Å². The minimum absolute atomic E-state index is 0. The van der Waals surface area contributed by atoms with Crippen LogP contribution in [0, 0.1) is 0 Å². The summed E-state index contributed by atoms with van der Waals surface area (Å²) in [7, 11) is 0. The molecule has 2 heterocycles. The summed E-state index contributed by atoms with van der Waals surface area (Å²) in [5, 5.41) is 0. The van der Waals surface area contributed by atoms with Gasteiger partial charge in [0.05, 0.1) is 6.54 Å². The molecule has 0 spiro atoms. The number of aliphatic imine (C=N–C) groups is 1. The van der Waals surface area contributed by atoms with Crippen LogP contribution in [0.2, 0.25) is 0 Å². The first kappa shape index (κ1) is 20.1. The topological polar surface area (TPSA) is 69.3 Å². The van der Waals surface area contributed by atoms with Gasteiger partial charge >= 0.3 is 0 Å². The highest BCUT2D eigenvalue weighted by atomic mass is 127. The number of rotatable bonds is 5. The minimum atomic E-state index is -0.0585. The molecule has 0 aromatic heterocycles. The molecule has 2 aliphatic rings. The van der Waals surface area contributed by atoms with Crippen LogP contribution in [0.5, 0.6) is 11.5 Å². The lowest BCUT2D eigenvalue weighted by atomic mass is 9.74. The Kier molecular flexibility index (Phi) is 7.18. The van der Waals surface area contributed by atoms with E-state index in [-0.39, 0.29) is 29.4 Å². The van der Waals surface area contributed by atoms with Crippen molar-refractivity contribution in [1.29, 1.82) is 0 Å². The lowest BCUT2D eigenvalue weighted by molar-refractivity contribution is 0.0530. The van der Waals surface area contributed by atoms with Crippen molar-refractivity contribution < 1.29 is 14.2 Å². The fourth-order valence-corrected chi connectivity index (χ4v) is 3.41. The first-order chi connectivity index (χ1) is 11.7. The van der Waals surface area contributed by atoms with Gasteiger partial charge in [-0.05, 0) is 44.4 Å². The molecule has 0 saturated carbocycles. The Bertz CT molecular complexity index is 599. The van der Waals surface area contributed by atoms with Crippen LogP contribution in [0.25, 0.3) is 0 Å². The van der Waals surface area contributed by atoms with E-state index in [1.165, 1.54) is 5.56 Å². The van der Waals surface area contributed by atoms with E-state index < -0.39 is 0 Å². The smallest absolute Gasteiger partial charge is 0.231 e. The molecule has 0 atom stereocenters. The Hall–Kier alpha value is -1.22. The minimum Gasteiger partial charge on any atom is -0.454 e. The van der Waals surface area contributed by atoms with Gasteiger partial charge in [-0.25, -0.2) is 0 Å². The number of hydrogen-bond acceptors (Lipinski definition) is 4. The zero-order valence-electron chi connectivity index (χ0n) is 15.0. The molecule has 3 rings (SSSR count). The number of hydrogen-bond donors (Lipinski definition) is 1. The van der Waals surface area contributed by atoms with Crippen LogP contribution >= 0.6 is 24.0 Å². The van der Waals surface area contributed by atoms with Crippen LogP contribution in [0.3, 0.4) is 0 Å². The molecule has 1 fully saturated rings. The van der Waals surface area contributed by atoms with E-state index in [2.05, 4.69) is 30.9 Å². The molecule has 0 unspecified atom stereocenters. The summed E-state index contributed by atoms with van der Waals surface area (Å²) in [6, 6.07) is 6.21. The van der Waals surface area contributed by atoms with Crippen molar-refractivity contribution in [2.24, 2.45) is 10.7 Å². The first-order valence-electron chi connectivity index (χ1n) is 8.71. The summed E-state index contributed by atoms with van der Waals surface area (Å²) in [4.78, 5) is 6.80. The second-order valence-corrected chi connectivity index (χ2v) is 6.31. The van der Waals surface area contributed by atoms with Crippen LogP contribution in [0.15, 0.2) is 23.2 Å². The predicted octanol–water partition coefficient (Wildman–Crippen LogP) is 2.74. The molecule has 1 saturated heterocycles. The monoisotopic (exact) mass is 461 g/mol. The summed E-state index contributed by atoms with van der Waals surface area (Å²) in [6.45, 7) is 8.37. The van der Waals surface area contributed by atoms with Gasteiger partial charge in [0, 0.05) is 31.7 Å². The van der Waals surface area contributed by atoms with E-state index in [4.69, 9.17) is 24.9 Å². The van der Waals surface area contributed by atoms with Crippen molar-refractivity contribution in [2.75, 3.05) is 39.6 Å². The number of ether oxygens (including phenoxy) is 3. The van der Waals surface area contributed by atoms with Crippen molar-refractivity contribution in [3.63, 3.8) is 0 Å². The molecule has 2 aliphatic heterocycles. The first-order valence-corrected chi connectivity index (χ1v) is 8.71. The Balaban J connectivity index is 0.00000225. The zero-order valence-corrected chi connectivity index (χ0v) is 17.3. The van der Waals surface area contributed by atoms with Crippen molar-refractivity contribution >= 4 is 29.9 Å². The summed E-state index contributed by atoms with van der Waals surface area (Å²) in [6.07, 6.45) is 1.86. The van der Waals surface area contributed by atoms with Crippen LogP contribution in [-0.4, -0.2) is 50.5 Å². The number of nitrogens with zero attached hydrogens (tertiary/aromatic N) is 2. The van der Waals surface area contributed by atoms with Gasteiger partial charge in [-0.2, -0.15) is 0 Å². The highest BCUT2D eigenvalue weighted by Crippen LogP contribution is 2.41. The Labute approximate surface area is 166 Å². The average Bonchev–Trinajstić information content (AvgIpc) is 3.09. The summed E-state index contributed by atoms with van der Waals surface area (Å²) < 4.78 is 16.6. The van der Waals surface area contributed by atoms with E-state index in [1.54, 1.807) is 0 Å². The normalized spacial score (nSPS) is 18.6. The quantitative estimate of drug-likeness (QED) is 0.415. The molecule has 140 valence electrons. The maximum atomic E-state index is 6.18. The van der Waals surface area contributed by atoms with Gasteiger partial charge in [-0.3, -0.25) is 4.99 Å². The molecule has 0 bridgehead atoms. The van der Waals surface area contributed by atoms with E-state index in [9.17, 15) is 0 Å². The average molecular weight is 461 g/mol. The number of halogens is 1. The third kappa shape index (κ3) is 4.31. The summed E-state index contributed by atoms with van der Waals surface area (Å²) in [5.74, 6) is 2.25. The number of fused-ring (bicyclic) bond motifs is 1. The second kappa shape index (κ2) is 8.93. The van der Waals surface area contributed by atoms with Gasteiger partial charge in [0.1, 0.15) is 0 Å². The maximum Gasteiger partial charge on any atom is 0.231 e. The van der Waals surface area contributed by atoms with Crippen molar-refractivity contribution in [3.05, 3.63) is 23.8 Å². The molecule has 2 N–H and O–H groups in total. The molecule has 1 aromatic carbocycles. The lowest BCUT2D eigenvalue weighted by Crippen LogP contribution is -2.41. The van der Waals surface area contributed by atoms with Crippen LogP contribution in [-0.2, 0) is 10.2 Å². The molecule has 1 aromatic rings. The maximum absolute atomic E-state index is 6.18. The number of nitrogens with two attached hydrogens (primary N) is 1. The van der Waals surface area contributed by atoms with Gasteiger partial charge in [0.2, 0.25) is 6.79 Å². The molecular weight excluding hydrogens is 433 g/mol. The van der Waals surface area contributed by atoms with Crippen LogP contribution in [0.1, 0.15) is 32.3 Å². The fraction of sp³-hybridized carbons (Fsp3) is 0.611. The van der Waals surface area contributed by atoms with Crippen molar-refractivity contribution in [3.8, 4) is 11.5 Å². The van der Waals surface area contributed by atoms with Crippen molar-refractivity contribution in [1.82, 2.24) is 4.90 Å². The van der Waals surface area contributed by atoms with Crippen LogP contribution in [0.4, 0.5) is 0 Å². The third-order valence-electron chi connectivity index (χ3n) is 5.07. The molecule has 0 radical (unpaired) electrons. The van der Waals surface area contributed by atoms with Gasteiger partial charge in [0.25, 0.3) is 0 Å².